The lowest BCUT2D eigenvalue weighted by Gasteiger charge is -2.21. The molecule has 216 valence electrons. The number of fused-ring (bicyclic) bond motifs is 1. The molecule has 10 nitrogen and oxygen atoms in total. The number of sulfonamides is 1. The van der Waals surface area contributed by atoms with Crippen molar-refractivity contribution in [3.8, 4) is 11.3 Å². The summed E-state index contributed by atoms with van der Waals surface area (Å²) in [6.07, 6.45) is 3.54. The summed E-state index contributed by atoms with van der Waals surface area (Å²) in [7, 11) is -0.432. The van der Waals surface area contributed by atoms with Crippen molar-refractivity contribution in [2.75, 3.05) is 30.4 Å². The molecule has 0 amide bonds. The molecule has 12 heteroatoms. The Hall–Kier alpha value is -4.81. The van der Waals surface area contributed by atoms with Crippen molar-refractivity contribution in [1.82, 2.24) is 19.4 Å². The monoisotopic (exact) mass is 588 g/mol. The highest BCUT2D eigenvalue weighted by molar-refractivity contribution is 7.92. The standard InChI is InChI=1S/C30H29FN6O4S/c1-21-4-11-29(26(31)16-21)42(39,40)37(41-20-38)25-8-6-24(7-9-25)34-30-18-27(32-19-33-30)22-5-10-28-23(17-22)12-13-36(28)15-14-35(2)3/h4-13,16-20H,14-15H2,1-3H3,(H,32,33,34). The van der Waals surface area contributed by atoms with Crippen molar-refractivity contribution in [2.24, 2.45) is 0 Å². The average molecular weight is 589 g/mol. The number of halogens is 1. The Morgan fingerprint density at radius 2 is 1.79 bits per heavy atom. The van der Waals surface area contributed by atoms with E-state index in [0.29, 0.717) is 21.5 Å². The summed E-state index contributed by atoms with van der Waals surface area (Å²) in [5.74, 6) is -0.430. The topological polar surface area (TPSA) is 110 Å². The van der Waals surface area contributed by atoms with E-state index in [9.17, 15) is 17.6 Å². The summed E-state index contributed by atoms with van der Waals surface area (Å²) >= 11 is 0. The number of rotatable bonds is 11. The minimum atomic E-state index is -4.53. The van der Waals surface area contributed by atoms with Gasteiger partial charge in [-0.15, -0.1) is 0 Å². The Kier molecular flexibility index (Phi) is 8.18. The number of carbonyl (C=O) groups excluding carboxylic acids is 1. The quantitative estimate of drug-likeness (QED) is 0.167. The minimum Gasteiger partial charge on any atom is -0.346 e. The number of aryl methyl sites for hydroxylation is 1. The number of likely N-dealkylation sites (N-methyl/N-ethyl adjacent to an activating group) is 1. The largest absolute Gasteiger partial charge is 0.346 e. The molecule has 1 N–H and O–H groups in total. The minimum absolute atomic E-state index is 0.00169. The first-order valence-corrected chi connectivity index (χ1v) is 14.4. The maximum absolute atomic E-state index is 14.5. The molecular formula is C30H29FN6O4S. The van der Waals surface area contributed by atoms with Gasteiger partial charge in [-0.1, -0.05) is 16.6 Å². The Balaban J connectivity index is 1.35. The highest BCUT2D eigenvalue weighted by Gasteiger charge is 2.30. The summed E-state index contributed by atoms with van der Waals surface area (Å²) in [6, 6.07) is 19.8. The maximum Gasteiger partial charge on any atom is 0.322 e. The van der Waals surface area contributed by atoms with Crippen molar-refractivity contribution in [2.45, 2.75) is 18.4 Å². The summed E-state index contributed by atoms with van der Waals surface area (Å²) < 4.78 is 43.3. The third-order valence-corrected chi connectivity index (χ3v) is 8.22. The van der Waals surface area contributed by atoms with Crippen molar-refractivity contribution in [3.63, 3.8) is 0 Å². The molecule has 0 aliphatic carbocycles. The summed E-state index contributed by atoms with van der Waals surface area (Å²) in [5, 5.41) is 4.28. The molecule has 0 fully saturated rings. The summed E-state index contributed by atoms with van der Waals surface area (Å²) in [6.45, 7) is 3.44. The number of aromatic nitrogens is 3. The number of nitrogens with one attached hydrogen (secondary N) is 1. The lowest BCUT2D eigenvalue weighted by Crippen LogP contribution is -2.31. The number of carbonyl (C=O) groups is 1. The molecule has 3 aromatic carbocycles. The fourth-order valence-corrected chi connectivity index (χ4v) is 5.73. The van der Waals surface area contributed by atoms with Gasteiger partial charge in [-0.3, -0.25) is 4.79 Å². The van der Waals surface area contributed by atoms with E-state index in [1.165, 1.54) is 24.5 Å². The van der Waals surface area contributed by atoms with Crippen LogP contribution in [0.25, 0.3) is 22.2 Å². The van der Waals surface area contributed by atoms with Crippen molar-refractivity contribution >= 4 is 44.6 Å². The van der Waals surface area contributed by atoms with Gasteiger partial charge in [-0.25, -0.2) is 14.4 Å². The van der Waals surface area contributed by atoms with Crippen LogP contribution in [0.5, 0.6) is 0 Å². The van der Waals surface area contributed by atoms with Crippen LogP contribution in [0.3, 0.4) is 0 Å². The average Bonchev–Trinajstić information content (AvgIpc) is 3.37. The second-order valence-electron chi connectivity index (χ2n) is 9.91. The van der Waals surface area contributed by atoms with E-state index < -0.39 is 20.7 Å². The number of hydrogen-bond acceptors (Lipinski definition) is 8. The molecule has 0 aliphatic heterocycles. The third kappa shape index (κ3) is 6.09. The summed E-state index contributed by atoms with van der Waals surface area (Å²) in [5.41, 5.74) is 3.94. The van der Waals surface area contributed by atoms with Gasteiger partial charge in [0.1, 0.15) is 22.9 Å². The first-order valence-electron chi connectivity index (χ1n) is 13.0. The first kappa shape index (κ1) is 28.7. The molecule has 0 spiro atoms. The van der Waals surface area contributed by atoms with E-state index in [0.717, 1.165) is 47.4 Å². The van der Waals surface area contributed by atoms with Crippen LogP contribution in [-0.4, -0.2) is 55.0 Å². The molecule has 0 saturated heterocycles. The first-order chi connectivity index (χ1) is 20.2. The van der Waals surface area contributed by atoms with Gasteiger partial charge in [0.15, 0.2) is 0 Å². The Labute approximate surface area is 243 Å². The SMILES string of the molecule is Cc1ccc(S(=O)(=O)N(OC=O)c2ccc(Nc3cc(-c4ccc5c(ccn5CCN(C)C)c4)ncn3)cc2)c(F)c1. The maximum atomic E-state index is 14.5. The molecule has 2 heterocycles. The second kappa shape index (κ2) is 12.0. The molecule has 0 atom stereocenters. The van der Waals surface area contributed by atoms with Crippen LogP contribution in [0.15, 0.2) is 90.2 Å². The van der Waals surface area contributed by atoms with E-state index in [1.54, 1.807) is 19.1 Å². The van der Waals surface area contributed by atoms with Crippen LogP contribution in [-0.2, 0) is 26.2 Å². The molecule has 0 bridgehead atoms. The Bertz CT molecular complexity index is 1840. The molecule has 42 heavy (non-hydrogen) atoms. The lowest BCUT2D eigenvalue weighted by atomic mass is 10.1. The highest BCUT2D eigenvalue weighted by Crippen LogP contribution is 2.29. The number of hydrogen-bond donors (Lipinski definition) is 1. The van der Waals surface area contributed by atoms with Crippen LogP contribution < -0.4 is 9.79 Å². The van der Waals surface area contributed by atoms with Crippen LogP contribution in [0.4, 0.5) is 21.6 Å². The Morgan fingerprint density at radius 1 is 1.00 bits per heavy atom. The molecule has 2 aromatic heterocycles. The van der Waals surface area contributed by atoms with E-state index in [1.807, 2.05) is 12.1 Å². The zero-order valence-electron chi connectivity index (χ0n) is 23.2. The van der Waals surface area contributed by atoms with Crippen LogP contribution in [0.1, 0.15) is 5.56 Å². The predicted octanol–water partition coefficient (Wildman–Crippen LogP) is 5.13. The van der Waals surface area contributed by atoms with Crippen LogP contribution >= 0.6 is 0 Å². The summed E-state index contributed by atoms with van der Waals surface area (Å²) in [4.78, 5) is 26.2. The predicted molar refractivity (Wildman–Crippen MR) is 159 cm³/mol. The van der Waals surface area contributed by atoms with Crippen molar-refractivity contribution in [3.05, 3.63) is 96.7 Å². The Morgan fingerprint density at radius 3 is 2.50 bits per heavy atom. The van der Waals surface area contributed by atoms with E-state index >= 15 is 0 Å². The van der Waals surface area contributed by atoms with E-state index in [4.69, 9.17) is 4.84 Å². The third-order valence-electron chi connectivity index (χ3n) is 6.59. The normalized spacial score (nSPS) is 11.5. The molecule has 0 aliphatic rings. The molecular weight excluding hydrogens is 559 g/mol. The van der Waals surface area contributed by atoms with Gasteiger partial charge >= 0.3 is 6.47 Å². The number of benzene rings is 3. The molecule has 5 aromatic rings. The smallest absolute Gasteiger partial charge is 0.322 e. The van der Waals surface area contributed by atoms with Gasteiger partial charge in [-0.05, 0) is 81.2 Å². The molecule has 0 saturated carbocycles. The van der Waals surface area contributed by atoms with Gasteiger partial charge in [0.2, 0.25) is 0 Å². The van der Waals surface area contributed by atoms with Crippen LogP contribution in [0.2, 0.25) is 0 Å². The lowest BCUT2D eigenvalue weighted by molar-refractivity contribution is -0.128. The molecule has 0 radical (unpaired) electrons. The molecule has 5 rings (SSSR count). The van der Waals surface area contributed by atoms with E-state index in [2.05, 4.69) is 63.2 Å². The van der Waals surface area contributed by atoms with Gasteiger partial charge in [0.05, 0.1) is 11.4 Å². The van der Waals surface area contributed by atoms with Gasteiger partial charge < -0.3 is 19.6 Å². The number of anilines is 3. The van der Waals surface area contributed by atoms with Gasteiger partial charge in [-0.2, -0.15) is 8.42 Å². The van der Waals surface area contributed by atoms with Gasteiger partial charge in [0.25, 0.3) is 10.0 Å². The van der Waals surface area contributed by atoms with Crippen molar-refractivity contribution < 1.29 is 22.4 Å². The molecule has 0 unspecified atom stereocenters. The number of nitrogens with zero attached hydrogens (tertiary/aromatic N) is 5. The fourth-order valence-electron chi connectivity index (χ4n) is 4.46. The van der Waals surface area contributed by atoms with E-state index in [-0.39, 0.29) is 12.2 Å². The van der Waals surface area contributed by atoms with Gasteiger partial charge in [0, 0.05) is 47.5 Å². The van der Waals surface area contributed by atoms with Crippen molar-refractivity contribution in [1.29, 1.82) is 0 Å². The zero-order chi connectivity index (χ0) is 29.9. The fraction of sp³-hybridized carbons (Fsp3) is 0.167. The second-order valence-corrected chi connectivity index (χ2v) is 11.6. The highest BCUT2D eigenvalue weighted by atomic mass is 32.2. The van der Waals surface area contributed by atoms with Crippen LogP contribution in [0, 0.1) is 12.7 Å². The zero-order valence-corrected chi connectivity index (χ0v) is 24.0.